The Hall–Kier alpha value is -0.520. The van der Waals surface area contributed by atoms with Crippen LogP contribution in [-0.2, 0) is 0 Å². The van der Waals surface area contributed by atoms with Crippen LogP contribution in [-0.4, -0.2) is 0 Å². The average molecular weight is 108 g/mol. The van der Waals surface area contributed by atoms with Gasteiger partial charge in [0.05, 0.1) is 0 Å². The van der Waals surface area contributed by atoms with Gasteiger partial charge >= 0.3 is 0 Å². The lowest BCUT2D eigenvalue weighted by atomic mass is 10.1. The maximum atomic E-state index is 3.90. The Labute approximate surface area is 50.9 Å². The first-order valence-corrected chi connectivity index (χ1v) is 3.12. The van der Waals surface area contributed by atoms with Crippen LogP contribution in [0.3, 0.4) is 0 Å². The zero-order chi connectivity index (χ0) is 5.98. The van der Waals surface area contributed by atoms with Crippen molar-refractivity contribution in [2.45, 2.75) is 19.3 Å². The van der Waals surface area contributed by atoms with Crippen LogP contribution in [0.15, 0.2) is 24.8 Å². The molecule has 8 heavy (non-hydrogen) atoms. The molecule has 0 saturated heterocycles. The molecule has 1 saturated carbocycles. The quantitative estimate of drug-likeness (QED) is 0.453. The average Bonchev–Trinajstić information content (AvgIpc) is 2.14. The molecule has 1 aliphatic rings. The fourth-order valence-electron chi connectivity index (χ4n) is 1.17. The highest BCUT2D eigenvalue weighted by Gasteiger charge is 2.13. The molecule has 0 amide bonds. The third kappa shape index (κ3) is 1.00. The van der Waals surface area contributed by atoms with Crippen molar-refractivity contribution in [1.29, 1.82) is 0 Å². The third-order valence-electron chi connectivity index (χ3n) is 1.75. The van der Waals surface area contributed by atoms with Crippen LogP contribution in [0, 0.1) is 5.92 Å². The van der Waals surface area contributed by atoms with Gasteiger partial charge in [0.1, 0.15) is 0 Å². The van der Waals surface area contributed by atoms with Crippen LogP contribution in [0.1, 0.15) is 19.3 Å². The fraction of sp³-hybridized carbons (Fsp3) is 0.500. The standard InChI is InChI=1S/C8H12/c1-3-8-5-4-7(2)6-8/h3,8H,1-2,4-6H2/t8-/m0/s1. The summed E-state index contributed by atoms with van der Waals surface area (Å²) in [5.74, 6) is 0.738. The number of hydrogen-bond donors (Lipinski definition) is 0. The largest absolute Gasteiger partial charge is 0.103 e. The smallest absolute Gasteiger partial charge is 0.0196 e. The van der Waals surface area contributed by atoms with Crippen LogP contribution >= 0.6 is 0 Å². The molecular weight excluding hydrogens is 96.1 g/mol. The first-order chi connectivity index (χ1) is 3.83. The summed E-state index contributed by atoms with van der Waals surface area (Å²) in [6.07, 6.45) is 5.72. The minimum Gasteiger partial charge on any atom is -0.103 e. The van der Waals surface area contributed by atoms with Gasteiger partial charge in [0.2, 0.25) is 0 Å². The van der Waals surface area contributed by atoms with Gasteiger partial charge in [0.15, 0.2) is 0 Å². The Morgan fingerprint density at radius 1 is 1.62 bits per heavy atom. The predicted molar refractivity (Wildman–Crippen MR) is 36.7 cm³/mol. The molecule has 0 bridgehead atoms. The molecule has 0 heteroatoms. The van der Waals surface area contributed by atoms with Crippen molar-refractivity contribution in [1.82, 2.24) is 0 Å². The molecule has 0 radical (unpaired) electrons. The molecular formula is C8H12. The molecule has 0 heterocycles. The van der Waals surface area contributed by atoms with Crippen molar-refractivity contribution in [3.63, 3.8) is 0 Å². The topological polar surface area (TPSA) is 0 Å². The minimum absolute atomic E-state index is 0.738. The summed E-state index contributed by atoms with van der Waals surface area (Å²) >= 11 is 0. The van der Waals surface area contributed by atoms with Gasteiger partial charge in [-0.1, -0.05) is 18.2 Å². The molecule has 0 aliphatic heterocycles. The summed E-state index contributed by atoms with van der Waals surface area (Å²) < 4.78 is 0. The summed E-state index contributed by atoms with van der Waals surface area (Å²) in [6.45, 7) is 7.64. The highest BCUT2D eigenvalue weighted by atomic mass is 14.2. The molecule has 1 atom stereocenters. The van der Waals surface area contributed by atoms with Crippen LogP contribution in [0.25, 0.3) is 0 Å². The molecule has 0 unspecified atom stereocenters. The molecule has 0 aromatic carbocycles. The highest BCUT2D eigenvalue weighted by molar-refractivity contribution is 5.05. The van der Waals surface area contributed by atoms with Crippen molar-refractivity contribution < 1.29 is 0 Å². The van der Waals surface area contributed by atoms with Gasteiger partial charge < -0.3 is 0 Å². The van der Waals surface area contributed by atoms with E-state index < -0.39 is 0 Å². The molecule has 0 N–H and O–H groups in total. The Bertz CT molecular complexity index is 111. The van der Waals surface area contributed by atoms with Gasteiger partial charge in [-0.05, 0) is 25.2 Å². The van der Waals surface area contributed by atoms with Crippen molar-refractivity contribution in [3.05, 3.63) is 24.8 Å². The second-order valence-electron chi connectivity index (χ2n) is 2.49. The molecule has 0 spiro atoms. The van der Waals surface area contributed by atoms with Gasteiger partial charge in [-0.2, -0.15) is 0 Å². The lowest BCUT2D eigenvalue weighted by molar-refractivity contribution is 0.696. The normalized spacial score (nSPS) is 28.5. The maximum Gasteiger partial charge on any atom is -0.0196 e. The van der Waals surface area contributed by atoms with E-state index in [2.05, 4.69) is 13.2 Å². The van der Waals surface area contributed by atoms with E-state index in [0.717, 1.165) is 5.92 Å². The first kappa shape index (κ1) is 5.61. The minimum atomic E-state index is 0.738. The van der Waals surface area contributed by atoms with E-state index in [1.54, 1.807) is 0 Å². The number of hydrogen-bond acceptors (Lipinski definition) is 0. The van der Waals surface area contributed by atoms with Gasteiger partial charge in [-0.25, -0.2) is 0 Å². The Kier molecular flexibility index (Phi) is 1.52. The summed E-state index contributed by atoms with van der Waals surface area (Å²) in [6, 6.07) is 0. The Balaban J connectivity index is 2.43. The summed E-state index contributed by atoms with van der Waals surface area (Å²) in [5, 5.41) is 0. The van der Waals surface area contributed by atoms with Crippen LogP contribution in [0.2, 0.25) is 0 Å². The molecule has 44 valence electrons. The molecule has 1 rings (SSSR count). The van der Waals surface area contributed by atoms with E-state index in [0.29, 0.717) is 0 Å². The highest BCUT2D eigenvalue weighted by Crippen LogP contribution is 2.28. The zero-order valence-corrected chi connectivity index (χ0v) is 5.19. The molecule has 1 fully saturated rings. The molecule has 1 aliphatic carbocycles. The molecule has 0 aromatic heterocycles. The second-order valence-corrected chi connectivity index (χ2v) is 2.49. The lowest BCUT2D eigenvalue weighted by Crippen LogP contribution is -1.82. The van der Waals surface area contributed by atoms with Crippen molar-refractivity contribution in [3.8, 4) is 0 Å². The monoisotopic (exact) mass is 108 g/mol. The van der Waals surface area contributed by atoms with Crippen molar-refractivity contribution in [2.75, 3.05) is 0 Å². The number of allylic oxidation sites excluding steroid dienone is 2. The Morgan fingerprint density at radius 2 is 2.38 bits per heavy atom. The lowest BCUT2D eigenvalue weighted by Gasteiger charge is -1.95. The second kappa shape index (κ2) is 2.17. The van der Waals surface area contributed by atoms with E-state index in [-0.39, 0.29) is 0 Å². The van der Waals surface area contributed by atoms with Crippen molar-refractivity contribution in [2.24, 2.45) is 5.92 Å². The summed E-state index contributed by atoms with van der Waals surface area (Å²) in [7, 11) is 0. The van der Waals surface area contributed by atoms with Gasteiger partial charge in [-0.15, -0.1) is 6.58 Å². The predicted octanol–water partition coefficient (Wildman–Crippen LogP) is 2.53. The maximum absolute atomic E-state index is 3.90. The van der Waals surface area contributed by atoms with E-state index in [4.69, 9.17) is 0 Å². The van der Waals surface area contributed by atoms with Crippen LogP contribution < -0.4 is 0 Å². The van der Waals surface area contributed by atoms with Crippen LogP contribution in [0.4, 0.5) is 0 Å². The fourth-order valence-corrected chi connectivity index (χ4v) is 1.17. The molecule has 0 aromatic rings. The third-order valence-corrected chi connectivity index (χ3v) is 1.75. The van der Waals surface area contributed by atoms with E-state index in [1.807, 2.05) is 6.08 Å². The van der Waals surface area contributed by atoms with E-state index in [1.165, 1.54) is 24.8 Å². The van der Waals surface area contributed by atoms with Crippen LogP contribution in [0.5, 0.6) is 0 Å². The summed E-state index contributed by atoms with van der Waals surface area (Å²) in [4.78, 5) is 0. The van der Waals surface area contributed by atoms with E-state index >= 15 is 0 Å². The van der Waals surface area contributed by atoms with Gasteiger partial charge in [-0.3, -0.25) is 0 Å². The SMILES string of the molecule is C=C[C@H]1CCC(=C)C1. The van der Waals surface area contributed by atoms with Gasteiger partial charge in [0, 0.05) is 0 Å². The number of rotatable bonds is 1. The Morgan fingerprint density at radius 3 is 2.62 bits per heavy atom. The van der Waals surface area contributed by atoms with Gasteiger partial charge in [0.25, 0.3) is 0 Å². The molecule has 0 nitrogen and oxygen atoms in total. The first-order valence-electron chi connectivity index (χ1n) is 3.12. The summed E-state index contributed by atoms with van der Waals surface area (Å²) in [5.41, 5.74) is 1.40. The zero-order valence-electron chi connectivity index (χ0n) is 5.19. The van der Waals surface area contributed by atoms with E-state index in [9.17, 15) is 0 Å². The van der Waals surface area contributed by atoms with Crippen molar-refractivity contribution >= 4 is 0 Å².